The van der Waals surface area contributed by atoms with Crippen molar-refractivity contribution < 1.29 is 19.2 Å². The standard InChI is InChI=1S/C38H28N6O4/c45-35-29-19-5-6-20(13-19)30(29)36(46)43(35)23-9-11-25-27(15-23)41-33(39-25)17-1-2-18(4-3-17)34-40-26-12-10-24(16-28(26)42-34)44-37(47)31-21-7-8-22(14-21)32(31)38(44)48/h1-12,15-16,19-22,29-32H,13-14H2,(H,39,41)(H,40,42). The molecule has 4 amide bonds. The normalized spacial score (nSPS) is 31.1. The lowest BCUT2D eigenvalue weighted by Gasteiger charge is -2.17. The monoisotopic (exact) mass is 632 g/mol. The van der Waals surface area contributed by atoms with E-state index in [9.17, 15) is 19.2 Å². The molecule has 11 rings (SSSR count). The van der Waals surface area contributed by atoms with Crippen LogP contribution in [0.1, 0.15) is 12.8 Å². The lowest BCUT2D eigenvalue weighted by atomic mass is 9.85. The maximum atomic E-state index is 13.3. The van der Waals surface area contributed by atoms with Crippen molar-refractivity contribution >= 4 is 57.1 Å². The number of nitrogens with one attached hydrogen (secondary N) is 2. The van der Waals surface area contributed by atoms with Gasteiger partial charge in [-0.05, 0) is 72.9 Å². The molecule has 0 radical (unpaired) electrons. The molecule has 48 heavy (non-hydrogen) atoms. The number of fused-ring (bicyclic) bond motifs is 12. The van der Waals surface area contributed by atoms with Gasteiger partial charge >= 0.3 is 0 Å². The Balaban J connectivity index is 0.852. The van der Waals surface area contributed by atoms with E-state index in [1.54, 1.807) is 12.1 Å². The second-order valence-corrected chi connectivity index (χ2v) is 14.2. The Morgan fingerprint density at radius 1 is 0.500 bits per heavy atom. The summed E-state index contributed by atoms with van der Waals surface area (Å²) in [5.41, 5.74) is 5.90. The molecular formula is C38H28N6O4. The van der Waals surface area contributed by atoms with Gasteiger partial charge in [0.05, 0.1) is 57.1 Å². The molecule has 5 aromatic rings. The number of allylic oxidation sites excluding steroid dienone is 4. The van der Waals surface area contributed by atoms with Crippen LogP contribution in [0.2, 0.25) is 0 Å². The summed E-state index contributed by atoms with van der Waals surface area (Å²) in [6.45, 7) is 0. The van der Waals surface area contributed by atoms with Crippen molar-refractivity contribution in [3.05, 3.63) is 85.0 Å². The van der Waals surface area contributed by atoms with E-state index in [1.807, 2.05) is 48.5 Å². The number of aromatic amines is 2. The van der Waals surface area contributed by atoms with E-state index in [4.69, 9.17) is 9.97 Å². The molecule has 10 heteroatoms. The van der Waals surface area contributed by atoms with Gasteiger partial charge in [0.25, 0.3) is 0 Å². The number of anilines is 2. The van der Waals surface area contributed by atoms with Crippen LogP contribution in [0, 0.1) is 47.3 Å². The zero-order valence-electron chi connectivity index (χ0n) is 25.5. The molecule has 8 atom stereocenters. The summed E-state index contributed by atoms with van der Waals surface area (Å²) < 4.78 is 0. The second kappa shape index (κ2) is 9.03. The number of nitrogens with zero attached hydrogens (tertiary/aromatic N) is 4. The van der Waals surface area contributed by atoms with E-state index in [2.05, 4.69) is 34.3 Å². The van der Waals surface area contributed by atoms with Crippen LogP contribution in [0.15, 0.2) is 85.0 Å². The van der Waals surface area contributed by atoms with Crippen LogP contribution in [0.3, 0.4) is 0 Å². The third-order valence-corrected chi connectivity index (χ3v) is 11.8. The Morgan fingerprint density at radius 3 is 1.21 bits per heavy atom. The molecule has 2 saturated heterocycles. The number of rotatable bonds is 4. The lowest BCUT2D eigenvalue weighted by molar-refractivity contribution is -0.124. The fraction of sp³-hybridized carbons (Fsp3) is 0.263. The molecule has 2 N–H and O–H groups in total. The van der Waals surface area contributed by atoms with Crippen LogP contribution in [-0.2, 0) is 19.2 Å². The van der Waals surface area contributed by atoms with Crippen molar-refractivity contribution in [1.82, 2.24) is 19.9 Å². The smallest absolute Gasteiger partial charge is 0.238 e. The third kappa shape index (κ3) is 3.36. The maximum absolute atomic E-state index is 13.3. The van der Waals surface area contributed by atoms with Crippen LogP contribution >= 0.6 is 0 Å². The molecule has 0 spiro atoms. The molecular weight excluding hydrogens is 604 g/mol. The number of hydrogen-bond donors (Lipinski definition) is 2. The molecule has 3 aromatic carbocycles. The van der Waals surface area contributed by atoms with E-state index < -0.39 is 0 Å². The molecule has 2 aliphatic heterocycles. The van der Waals surface area contributed by atoms with Gasteiger partial charge in [0.15, 0.2) is 0 Å². The average Bonchev–Trinajstić information content (AvgIpc) is 3.95. The van der Waals surface area contributed by atoms with Gasteiger partial charge in [-0.3, -0.25) is 19.2 Å². The van der Waals surface area contributed by atoms with Crippen molar-refractivity contribution in [2.75, 3.05) is 9.80 Å². The molecule has 10 nitrogen and oxygen atoms in total. The highest BCUT2D eigenvalue weighted by atomic mass is 16.2. The first kappa shape index (κ1) is 26.4. The van der Waals surface area contributed by atoms with Gasteiger partial charge in [-0.25, -0.2) is 19.8 Å². The third-order valence-electron chi connectivity index (χ3n) is 11.8. The average molecular weight is 633 g/mol. The number of amides is 4. The summed E-state index contributed by atoms with van der Waals surface area (Å²) in [7, 11) is 0. The number of imidazole rings is 2. The molecule has 2 saturated carbocycles. The first-order valence-corrected chi connectivity index (χ1v) is 16.6. The number of benzene rings is 3. The van der Waals surface area contributed by atoms with Crippen LogP contribution in [0.4, 0.5) is 11.4 Å². The predicted molar refractivity (Wildman–Crippen MR) is 177 cm³/mol. The molecule has 4 fully saturated rings. The first-order chi connectivity index (χ1) is 23.4. The van der Waals surface area contributed by atoms with E-state index >= 15 is 0 Å². The Kier molecular flexibility index (Phi) is 4.97. The molecule has 2 aromatic heterocycles. The van der Waals surface area contributed by atoms with Gasteiger partial charge < -0.3 is 9.97 Å². The van der Waals surface area contributed by atoms with Gasteiger partial charge in [0.2, 0.25) is 23.6 Å². The number of imide groups is 2. The van der Waals surface area contributed by atoms with E-state index in [-0.39, 0.29) is 71.0 Å². The van der Waals surface area contributed by atoms with E-state index in [0.717, 1.165) is 46.0 Å². The van der Waals surface area contributed by atoms with Gasteiger partial charge in [0, 0.05) is 11.1 Å². The van der Waals surface area contributed by atoms with Crippen molar-refractivity contribution in [3.8, 4) is 22.8 Å². The van der Waals surface area contributed by atoms with Crippen LogP contribution in [-0.4, -0.2) is 43.6 Å². The fourth-order valence-corrected chi connectivity index (χ4v) is 9.65. The topological polar surface area (TPSA) is 132 Å². The summed E-state index contributed by atoms with van der Waals surface area (Å²) in [4.78, 5) is 72.3. The van der Waals surface area contributed by atoms with Crippen molar-refractivity contribution in [1.29, 1.82) is 0 Å². The van der Waals surface area contributed by atoms with E-state index in [0.29, 0.717) is 23.0 Å². The molecule has 4 aliphatic carbocycles. The number of H-pyrrole nitrogens is 2. The van der Waals surface area contributed by atoms with Crippen molar-refractivity contribution in [2.45, 2.75) is 12.8 Å². The summed E-state index contributed by atoms with van der Waals surface area (Å²) >= 11 is 0. The molecule has 234 valence electrons. The zero-order valence-corrected chi connectivity index (χ0v) is 25.5. The second-order valence-electron chi connectivity index (χ2n) is 14.2. The van der Waals surface area contributed by atoms with Gasteiger partial charge in [-0.15, -0.1) is 0 Å². The molecule has 4 heterocycles. The minimum atomic E-state index is -0.237. The van der Waals surface area contributed by atoms with Gasteiger partial charge in [-0.2, -0.15) is 0 Å². The minimum absolute atomic E-state index is 0.0945. The summed E-state index contributed by atoms with van der Waals surface area (Å²) in [5, 5.41) is 0. The fourth-order valence-electron chi connectivity index (χ4n) is 9.65. The van der Waals surface area contributed by atoms with Crippen LogP contribution in [0.5, 0.6) is 0 Å². The lowest BCUT2D eigenvalue weighted by Crippen LogP contribution is -2.32. The number of aromatic nitrogens is 4. The Bertz CT molecular complexity index is 2140. The number of carbonyl (C=O) groups is 4. The number of carbonyl (C=O) groups excluding carboxylic acids is 4. The first-order valence-electron chi connectivity index (χ1n) is 16.6. The van der Waals surface area contributed by atoms with E-state index in [1.165, 1.54) is 9.80 Å². The zero-order chi connectivity index (χ0) is 32.0. The number of hydrogen-bond acceptors (Lipinski definition) is 6. The Morgan fingerprint density at radius 2 is 0.854 bits per heavy atom. The van der Waals surface area contributed by atoms with Gasteiger partial charge in [-0.1, -0.05) is 48.6 Å². The Hall–Kier alpha value is -5.64. The van der Waals surface area contributed by atoms with Crippen molar-refractivity contribution in [2.24, 2.45) is 47.3 Å². The Labute approximate surface area is 273 Å². The summed E-state index contributed by atoms with van der Waals surface area (Å²) in [6.07, 6.45) is 10.2. The maximum Gasteiger partial charge on any atom is 0.238 e. The quantitative estimate of drug-likeness (QED) is 0.202. The molecule has 6 aliphatic rings. The summed E-state index contributed by atoms with van der Waals surface area (Å²) in [5.74, 6) is 0.702. The molecule has 8 unspecified atom stereocenters. The van der Waals surface area contributed by atoms with Crippen molar-refractivity contribution in [3.63, 3.8) is 0 Å². The minimum Gasteiger partial charge on any atom is -0.338 e. The highest BCUT2D eigenvalue weighted by Crippen LogP contribution is 2.54. The van der Waals surface area contributed by atoms with Crippen LogP contribution in [0.25, 0.3) is 44.8 Å². The highest BCUT2D eigenvalue weighted by molar-refractivity contribution is 6.24. The predicted octanol–water partition coefficient (Wildman–Crippen LogP) is 5.40. The molecule has 4 bridgehead atoms. The van der Waals surface area contributed by atoms with Gasteiger partial charge in [0.1, 0.15) is 11.6 Å². The van der Waals surface area contributed by atoms with Crippen LogP contribution < -0.4 is 9.80 Å². The SMILES string of the molecule is O=C1C2C3C=CC(C3)C2C(=O)N1c1ccc2nc(-c3ccc(-c4nc5ccc(N6C(=O)C7C8C=CC(C8)C7C6=O)cc5[nH]4)cc3)[nH]c2c1. The largest absolute Gasteiger partial charge is 0.338 e. The highest BCUT2D eigenvalue weighted by Gasteiger charge is 2.60. The summed E-state index contributed by atoms with van der Waals surface area (Å²) in [6, 6.07) is 18.8.